The Hall–Kier alpha value is -0.570. The van der Waals surface area contributed by atoms with Crippen LogP contribution < -0.4 is 5.32 Å². The van der Waals surface area contributed by atoms with Gasteiger partial charge in [0, 0.05) is 6.04 Å². The van der Waals surface area contributed by atoms with Gasteiger partial charge in [-0.05, 0) is 52.7 Å². The topological polar surface area (TPSA) is 24.9 Å². The molecular weight excluding hydrogens is 264 g/mol. The number of rotatable bonds is 2. The van der Waals surface area contributed by atoms with Gasteiger partial charge in [0.15, 0.2) is 0 Å². The molecule has 1 aromatic rings. The Balaban J connectivity index is 1.97. The second kappa shape index (κ2) is 4.74. The third-order valence-corrected chi connectivity index (χ3v) is 3.77. The molecule has 3 heteroatoms. The Labute approximate surface area is 106 Å². The van der Waals surface area contributed by atoms with Crippen LogP contribution in [0, 0.1) is 5.41 Å². The molecule has 0 spiro atoms. The van der Waals surface area contributed by atoms with Crippen molar-refractivity contribution in [1.29, 1.82) is 0 Å². The van der Waals surface area contributed by atoms with Crippen molar-refractivity contribution in [1.82, 2.24) is 4.98 Å². The number of hydrogen-bond acceptors (Lipinski definition) is 2. The van der Waals surface area contributed by atoms with Gasteiger partial charge in [-0.3, -0.25) is 0 Å². The summed E-state index contributed by atoms with van der Waals surface area (Å²) < 4.78 is 0.891. The normalized spacial score (nSPS) is 24.1. The molecule has 1 aromatic heterocycles. The molecule has 1 aliphatic rings. The van der Waals surface area contributed by atoms with Crippen LogP contribution in [0.3, 0.4) is 0 Å². The zero-order valence-electron chi connectivity index (χ0n) is 9.96. The van der Waals surface area contributed by atoms with E-state index >= 15 is 0 Å². The third kappa shape index (κ3) is 3.21. The van der Waals surface area contributed by atoms with E-state index < -0.39 is 0 Å². The predicted octanol–water partition coefficient (Wildman–Crippen LogP) is 4.22. The van der Waals surface area contributed by atoms with Crippen LogP contribution in [0.1, 0.15) is 39.5 Å². The van der Waals surface area contributed by atoms with Crippen molar-refractivity contribution in [2.45, 2.75) is 45.6 Å². The number of halogens is 1. The van der Waals surface area contributed by atoms with Gasteiger partial charge >= 0.3 is 0 Å². The highest BCUT2D eigenvalue weighted by atomic mass is 79.9. The maximum Gasteiger partial charge on any atom is 0.106 e. The summed E-state index contributed by atoms with van der Waals surface area (Å²) in [5.74, 6) is 0. The Kier molecular flexibility index (Phi) is 3.53. The maximum absolute atomic E-state index is 4.24. The number of nitrogens with zero attached hydrogens (tertiary/aromatic N) is 1. The summed E-state index contributed by atoms with van der Waals surface area (Å²) in [6, 6.07) is 4.67. The maximum atomic E-state index is 4.24. The van der Waals surface area contributed by atoms with Crippen LogP contribution in [-0.2, 0) is 0 Å². The smallest absolute Gasteiger partial charge is 0.106 e. The zero-order valence-corrected chi connectivity index (χ0v) is 11.5. The molecule has 1 heterocycles. The fourth-order valence-corrected chi connectivity index (χ4v) is 2.75. The van der Waals surface area contributed by atoms with Crippen molar-refractivity contribution in [3.05, 3.63) is 22.9 Å². The van der Waals surface area contributed by atoms with Crippen molar-refractivity contribution >= 4 is 21.6 Å². The molecule has 0 bridgehead atoms. The molecule has 0 amide bonds. The van der Waals surface area contributed by atoms with Gasteiger partial charge in [0.1, 0.15) is 4.60 Å². The minimum atomic E-state index is 0.485. The Morgan fingerprint density at radius 1 is 1.44 bits per heavy atom. The number of hydrogen-bond donors (Lipinski definition) is 1. The van der Waals surface area contributed by atoms with Gasteiger partial charge in [-0.25, -0.2) is 4.98 Å². The molecule has 0 radical (unpaired) electrons. The third-order valence-electron chi connectivity index (χ3n) is 3.30. The van der Waals surface area contributed by atoms with E-state index in [1.54, 1.807) is 0 Å². The molecule has 0 aliphatic heterocycles. The summed E-state index contributed by atoms with van der Waals surface area (Å²) in [5, 5.41) is 3.58. The second-order valence-electron chi connectivity index (χ2n) is 5.47. The predicted molar refractivity (Wildman–Crippen MR) is 71.6 cm³/mol. The highest BCUT2D eigenvalue weighted by Gasteiger charge is 2.27. The van der Waals surface area contributed by atoms with Crippen LogP contribution >= 0.6 is 15.9 Å². The summed E-state index contributed by atoms with van der Waals surface area (Å²) >= 11 is 3.35. The monoisotopic (exact) mass is 282 g/mol. The summed E-state index contributed by atoms with van der Waals surface area (Å²) in [6.07, 6.45) is 7.10. The first-order valence-corrected chi connectivity index (χ1v) is 6.73. The first-order chi connectivity index (χ1) is 7.55. The van der Waals surface area contributed by atoms with Gasteiger partial charge in [-0.1, -0.05) is 20.3 Å². The van der Waals surface area contributed by atoms with Crippen LogP contribution in [0.4, 0.5) is 5.69 Å². The molecule has 1 saturated carbocycles. The molecule has 2 rings (SSSR count). The molecule has 1 unspecified atom stereocenters. The van der Waals surface area contributed by atoms with E-state index in [1.165, 1.54) is 25.7 Å². The Morgan fingerprint density at radius 3 is 2.88 bits per heavy atom. The summed E-state index contributed by atoms with van der Waals surface area (Å²) in [7, 11) is 0. The van der Waals surface area contributed by atoms with Gasteiger partial charge in [0.25, 0.3) is 0 Å². The molecule has 88 valence electrons. The SMILES string of the molecule is CC1(C)CCCC(Nc2ccc(Br)nc2)C1. The molecule has 2 nitrogen and oxygen atoms in total. The number of aromatic nitrogens is 1. The molecule has 16 heavy (non-hydrogen) atoms. The van der Waals surface area contributed by atoms with Gasteiger partial charge in [-0.2, -0.15) is 0 Å². The number of pyridine rings is 1. The van der Waals surface area contributed by atoms with E-state index in [0.29, 0.717) is 11.5 Å². The van der Waals surface area contributed by atoms with Gasteiger partial charge in [0.2, 0.25) is 0 Å². The van der Waals surface area contributed by atoms with E-state index in [4.69, 9.17) is 0 Å². The lowest BCUT2D eigenvalue weighted by molar-refractivity contribution is 0.229. The fourth-order valence-electron chi connectivity index (χ4n) is 2.52. The Bertz CT molecular complexity index is 345. The van der Waals surface area contributed by atoms with Crippen LogP contribution in [0.2, 0.25) is 0 Å². The van der Waals surface area contributed by atoms with E-state index in [9.17, 15) is 0 Å². The zero-order chi connectivity index (χ0) is 11.6. The lowest BCUT2D eigenvalue weighted by Crippen LogP contribution is -2.31. The molecule has 1 N–H and O–H groups in total. The number of anilines is 1. The van der Waals surface area contributed by atoms with Crippen LogP contribution in [0.15, 0.2) is 22.9 Å². The highest BCUT2D eigenvalue weighted by Crippen LogP contribution is 2.36. The van der Waals surface area contributed by atoms with Crippen LogP contribution in [-0.4, -0.2) is 11.0 Å². The minimum Gasteiger partial charge on any atom is -0.381 e. The van der Waals surface area contributed by atoms with Crippen molar-refractivity contribution < 1.29 is 0 Å². The molecular formula is C13H19BrN2. The molecule has 0 aromatic carbocycles. The molecule has 1 aliphatic carbocycles. The average Bonchev–Trinajstić information content (AvgIpc) is 2.20. The van der Waals surface area contributed by atoms with E-state index in [0.717, 1.165) is 10.3 Å². The lowest BCUT2D eigenvalue weighted by Gasteiger charge is -2.36. The van der Waals surface area contributed by atoms with Crippen LogP contribution in [0.25, 0.3) is 0 Å². The van der Waals surface area contributed by atoms with E-state index in [-0.39, 0.29) is 0 Å². The van der Waals surface area contributed by atoms with Gasteiger partial charge < -0.3 is 5.32 Å². The Morgan fingerprint density at radius 2 is 2.25 bits per heavy atom. The standard InChI is InChI=1S/C13H19BrN2/c1-13(2)7-3-4-10(8-13)16-11-5-6-12(14)15-9-11/h5-6,9-10,16H,3-4,7-8H2,1-2H3. The van der Waals surface area contributed by atoms with Crippen molar-refractivity contribution in [2.24, 2.45) is 5.41 Å². The average molecular weight is 283 g/mol. The van der Waals surface area contributed by atoms with Gasteiger partial charge in [0.05, 0.1) is 11.9 Å². The van der Waals surface area contributed by atoms with Crippen molar-refractivity contribution in [2.75, 3.05) is 5.32 Å². The fraction of sp³-hybridized carbons (Fsp3) is 0.615. The quantitative estimate of drug-likeness (QED) is 0.822. The molecule has 0 saturated heterocycles. The van der Waals surface area contributed by atoms with Crippen molar-refractivity contribution in [3.63, 3.8) is 0 Å². The van der Waals surface area contributed by atoms with E-state index in [1.807, 2.05) is 12.3 Å². The van der Waals surface area contributed by atoms with Crippen molar-refractivity contribution in [3.8, 4) is 0 Å². The second-order valence-corrected chi connectivity index (χ2v) is 6.28. The molecule has 1 fully saturated rings. The summed E-state index contributed by atoms with van der Waals surface area (Å²) in [4.78, 5) is 4.24. The van der Waals surface area contributed by atoms with Crippen LogP contribution in [0.5, 0.6) is 0 Å². The highest BCUT2D eigenvalue weighted by molar-refractivity contribution is 9.10. The largest absolute Gasteiger partial charge is 0.381 e. The first kappa shape index (κ1) is 11.9. The van der Waals surface area contributed by atoms with E-state index in [2.05, 4.69) is 46.1 Å². The summed E-state index contributed by atoms with van der Waals surface area (Å²) in [6.45, 7) is 4.72. The number of nitrogens with one attached hydrogen (secondary N) is 1. The van der Waals surface area contributed by atoms with Gasteiger partial charge in [-0.15, -0.1) is 0 Å². The lowest BCUT2D eigenvalue weighted by atomic mass is 9.75. The summed E-state index contributed by atoms with van der Waals surface area (Å²) in [5.41, 5.74) is 1.62. The molecule has 1 atom stereocenters. The first-order valence-electron chi connectivity index (χ1n) is 5.93. The minimum absolute atomic E-state index is 0.485.